The number of nitrogens with two attached hydrogens (primary N) is 1. The molecule has 1 unspecified atom stereocenters. The smallest absolute Gasteiger partial charge is 0.405 e. The minimum Gasteiger partial charge on any atom is -0.440 e. The number of ether oxygens (including phenoxy) is 1. The molecule has 1 amide bonds. The van der Waals surface area contributed by atoms with Crippen LogP contribution in [0.3, 0.4) is 0 Å². The molecule has 1 aromatic heterocycles. The quantitative estimate of drug-likeness (QED) is 0.810. The first kappa shape index (κ1) is 11.1. The second-order valence-corrected chi connectivity index (χ2v) is 3.55. The van der Waals surface area contributed by atoms with Gasteiger partial charge in [-0.05, 0) is 19.1 Å². The van der Waals surface area contributed by atoms with Crippen LogP contribution in [-0.4, -0.2) is 16.1 Å². The molecule has 6 nitrogen and oxygen atoms in total. The summed E-state index contributed by atoms with van der Waals surface area (Å²) in [5.41, 5.74) is 5.89. The third-order valence-electron chi connectivity index (χ3n) is 2.30. The second-order valence-electron chi connectivity index (χ2n) is 3.55. The Hall–Kier alpha value is -2.37. The Balaban J connectivity index is 2.51. The molecule has 0 radical (unpaired) electrons. The number of benzene rings is 1. The Morgan fingerprint density at radius 2 is 2.18 bits per heavy atom. The number of primary amides is 1. The van der Waals surface area contributed by atoms with E-state index in [1.54, 1.807) is 24.3 Å². The van der Waals surface area contributed by atoms with E-state index in [1.807, 2.05) is 0 Å². The van der Waals surface area contributed by atoms with Crippen LogP contribution in [0, 0.1) is 0 Å². The van der Waals surface area contributed by atoms with Crippen LogP contribution in [0.4, 0.5) is 4.79 Å². The first-order chi connectivity index (χ1) is 8.08. The lowest BCUT2D eigenvalue weighted by Crippen LogP contribution is -2.23. The number of fused-ring (bicyclic) bond motifs is 1. The molecule has 3 N–H and O–H groups in total. The zero-order valence-electron chi connectivity index (χ0n) is 9.14. The first-order valence-corrected chi connectivity index (χ1v) is 5.03. The Labute approximate surface area is 96.4 Å². The highest BCUT2D eigenvalue weighted by atomic mass is 16.6. The van der Waals surface area contributed by atoms with Crippen molar-refractivity contribution in [3.8, 4) is 0 Å². The van der Waals surface area contributed by atoms with Gasteiger partial charge >= 0.3 is 6.09 Å². The maximum Gasteiger partial charge on any atom is 0.405 e. The van der Waals surface area contributed by atoms with Crippen LogP contribution in [0.1, 0.15) is 18.7 Å². The normalized spacial score (nSPS) is 12.3. The van der Waals surface area contributed by atoms with E-state index in [1.165, 1.54) is 6.92 Å². The number of hydrogen-bond donors (Lipinski definition) is 2. The number of carbonyl (C=O) groups is 1. The number of para-hydroxylation sites is 2. The van der Waals surface area contributed by atoms with Crippen molar-refractivity contribution in [3.05, 3.63) is 40.3 Å². The topological polar surface area (TPSA) is 98.1 Å². The summed E-state index contributed by atoms with van der Waals surface area (Å²) >= 11 is 0. The van der Waals surface area contributed by atoms with E-state index in [0.717, 1.165) is 0 Å². The monoisotopic (exact) mass is 233 g/mol. The number of hydrogen-bond acceptors (Lipinski definition) is 4. The maximum atomic E-state index is 11.7. The van der Waals surface area contributed by atoms with Crippen LogP contribution in [-0.2, 0) is 4.74 Å². The number of nitrogens with zero attached hydrogens (tertiary/aromatic N) is 1. The predicted octanol–water partition coefficient (Wildman–Crippen LogP) is 1.08. The minimum atomic E-state index is -0.938. The molecule has 1 heterocycles. The summed E-state index contributed by atoms with van der Waals surface area (Å²) in [6.45, 7) is 1.54. The number of nitrogens with one attached hydrogen (secondary N) is 1. The highest BCUT2D eigenvalue weighted by molar-refractivity contribution is 5.73. The van der Waals surface area contributed by atoms with E-state index in [0.29, 0.717) is 11.0 Å². The number of rotatable bonds is 2. The predicted molar refractivity (Wildman–Crippen MR) is 61.4 cm³/mol. The van der Waals surface area contributed by atoms with Gasteiger partial charge in [0.2, 0.25) is 0 Å². The zero-order chi connectivity index (χ0) is 12.4. The van der Waals surface area contributed by atoms with Crippen molar-refractivity contribution in [1.29, 1.82) is 0 Å². The van der Waals surface area contributed by atoms with Gasteiger partial charge in [-0.15, -0.1) is 0 Å². The van der Waals surface area contributed by atoms with Gasteiger partial charge in [0.25, 0.3) is 5.56 Å². The lowest BCUT2D eigenvalue weighted by molar-refractivity contribution is 0.114. The van der Waals surface area contributed by atoms with Crippen LogP contribution in [0.5, 0.6) is 0 Å². The summed E-state index contributed by atoms with van der Waals surface area (Å²) in [5, 5.41) is 0. The van der Waals surface area contributed by atoms with Gasteiger partial charge in [-0.2, -0.15) is 0 Å². The van der Waals surface area contributed by atoms with Crippen molar-refractivity contribution in [1.82, 2.24) is 9.97 Å². The standard InChI is InChI=1S/C11H11N3O3/c1-6(17-11(12)16)9-10(15)14-8-5-3-2-4-7(8)13-9/h2-6H,1H3,(H2,12,16)(H,14,15). The zero-order valence-corrected chi connectivity index (χ0v) is 9.14. The van der Waals surface area contributed by atoms with E-state index >= 15 is 0 Å². The molecule has 0 bridgehead atoms. The van der Waals surface area contributed by atoms with Crippen LogP contribution >= 0.6 is 0 Å². The fourth-order valence-corrected chi connectivity index (χ4v) is 1.55. The lowest BCUT2D eigenvalue weighted by atomic mass is 10.2. The van der Waals surface area contributed by atoms with Gasteiger partial charge in [-0.3, -0.25) is 4.79 Å². The van der Waals surface area contributed by atoms with E-state index in [2.05, 4.69) is 9.97 Å². The highest BCUT2D eigenvalue weighted by Gasteiger charge is 2.15. The Morgan fingerprint density at radius 3 is 2.88 bits per heavy atom. The molecule has 2 aromatic rings. The molecule has 0 aliphatic rings. The molecule has 0 saturated heterocycles. The van der Waals surface area contributed by atoms with Crippen molar-refractivity contribution in [2.75, 3.05) is 0 Å². The van der Waals surface area contributed by atoms with Crippen molar-refractivity contribution < 1.29 is 9.53 Å². The molecule has 0 spiro atoms. The van der Waals surface area contributed by atoms with Gasteiger partial charge in [-0.1, -0.05) is 12.1 Å². The van der Waals surface area contributed by atoms with Crippen LogP contribution < -0.4 is 11.3 Å². The van der Waals surface area contributed by atoms with Crippen LogP contribution in [0.2, 0.25) is 0 Å². The van der Waals surface area contributed by atoms with Gasteiger partial charge < -0.3 is 15.5 Å². The highest BCUT2D eigenvalue weighted by Crippen LogP contribution is 2.13. The summed E-state index contributed by atoms with van der Waals surface area (Å²) in [4.78, 5) is 29.1. The molecular weight excluding hydrogens is 222 g/mol. The minimum absolute atomic E-state index is 0.127. The van der Waals surface area contributed by atoms with E-state index in [4.69, 9.17) is 10.5 Å². The lowest BCUT2D eigenvalue weighted by Gasteiger charge is -2.10. The fourth-order valence-electron chi connectivity index (χ4n) is 1.55. The summed E-state index contributed by atoms with van der Waals surface area (Å²) in [5.74, 6) is 0. The molecule has 17 heavy (non-hydrogen) atoms. The molecule has 88 valence electrons. The maximum absolute atomic E-state index is 11.7. The molecule has 1 atom stereocenters. The molecule has 0 aliphatic carbocycles. The number of H-pyrrole nitrogens is 1. The van der Waals surface area contributed by atoms with Gasteiger partial charge in [0.15, 0.2) is 0 Å². The van der Waals surface area contributed by atoms with Crippen molar-refractivity contribution in [3.63, 3.8) is 0 Å². The average molecular weight is 233 g/mol. The third-order valence-corrected chi connectivity index (χ3v) is 2.30. The molecule has 0 fully saturated rings. The van der Waals surface area contributed by atoms with Crippen molar-refractivity contribution in [2.45, 2.75) is 13.0 Å². The van der Waals surface area contributed by atoms with Gasteiger partial charge in [0, 0.05) is 0 Å². The fraction of sp³-hybridized carbons (Fsp3) is 0.182. The number of amides is 1. The van der Waals surface area contributed by atoms with Crippen molar-refractivity contribution >= 4 is 17.1 Å². The summed E-state index contributed by atoms with van der Waals surface area (Å²) in [6.07, 6.45) is -1.72. The average Bonchev–Trinajstić information content (AvgIpc) is 2.27. The summed E-state index contributed by atoms with van der Waals surface area (Å²) in [7, 11) is 0. The Morgan fingerprint density at radius 1 is 1.47 bits per heavy atom. The number of aromatic nitrogens is 2. The Bertz CT molecular complexity index is 621. The Kier molecular flexibility index (Phi) is 2.78. The van der Waals surface area contributed by atoms with E-state index in [-0.39, 0.29) is 5.69 Å². The second kappa shape index (κ2) is 4.25. The van der Waals surface area contributed by atoms with Gasteiger partial charge in [-0.25, -0.2) is 9.78 Å². The first-order valence-electron chi connectivity index (χ1n) is 5.03. The molecule has 0 aliphatic heterocycles. The van der Waals surface area contributed by atoms with E-state index < -0.39 is 17.8 Å². The van der Waals surface area contributed by atoms with Crippen LogP contribution in [0.15, 0.2) is 29.1 Å². The van der Waals surface area contributed by atoms with Gasteiger partial charge in [0.05, 0.1) is 11.0 Å². The molecule has 6 heteroatoms. The van der Waals surface area contributed by atoms with Crippen molar-refractivity contribution in [2.24, 2.45) is 5.73 Å². The molecular formula is C11H11N3O3. The SMILES string of the molecule is CC(OC(N)=O)c1nc2ccccc2[nH]c1=O. The molecule has 1 aromatic carbocycles. The summed E-state index contributed by atoms with van der Waals surface area (Å²) < 4.78 is 4.72. The molecule has 2 rings (SSSR count). The number of carbonyl (C=O) groups excluding carboxylic acids is 1. The van der Waals surface area contributed by atoms with Crippen LogP contribution in [0.25, 0.3) is 11.0 Å². The summed E-state index contributed by atoms with van der Waals surface area (Å²) in [6, 6.07) is 7.10. The van der Waals surface area contributed by atoms with E-state index in [9.17, 15) is 9.59 Å². The largest absolute Gasteiger partial charge is 0.440 e. The van der Waals surface area contributed by atoms with Gasteiger partial charge in [0.1, 0.15) is 11.8 Å². The third kappa shape index (κ3) is 2.25. The molecule has 0 saturated carbocycles. The number of aromatic amines is 1.